The largest absolute Gasteiger partial charge is 0.270 e. The number of alkyl halides is 1. The maximum atomic E-state index is 6.30. The zero-order valence-corrected chi connectivity index (χ0v) is 10.3. The van der Waals surface area contributed by atoms with E-state index in [1.54, 1.807) is 0 Å². The first-order valence-electron chi connectivity index (χ1n) is 5.88. The fraction of sp³-hybridized carbons (Fsp3) is 0.750. The summed E-state index contributed by atoms with van der Waals surface area (Å²) >= 11 is 6.30. The van der Waals surface area contributed by atoms with Gasteiger partial charge in [0.2, 0.25) is 0 Å². The predicted octanol–water partition coefficient (Wildman–Crippen LogP) is 3.16. The summed E-state index contributed by atoms with van der Waals surface area (Å²) in [5.41, 5.74) is 2.45. The van der Waals surface area contributed by atoms with Crippen LogP contribution in [0, 0.1) is 12.8 Å². The normalized spacial score (nSPS) is 18.1. The summed E-state index contributed by atoms with van der Waals surface area (Å²) in [7, 11) is 0. The van der Waals surface area contributed by atoms with Gasteiger partial charge in [-0.15, -0.1) is 11.6 Å². The van der Waals surface area contributed by atoms with E-state index in [-0.39, 0.29) is 0 Å². The lowest BCUT2D eigenvalue weighted by Gasteiger charge is -2.08. The molecule has 1 saturated carbocycles. The van der Waals surface area contributed by atoms with Crippen molar-refractivity contribution in [3.8, 4) is 0 Å². The molecule has 0 amide bonds. The minimum atomic E-state index is 0.380. The summed E-state index contributed by atoms with van der Waals surface area (Å²) in [5, 5.41) is 4.82. The molecule has 0 radical (unpaired) electrons. The zero-order valence-electron chi connectivity index (χ0n) is 9.54. The standard InChI is InChI=1S/C12H19ClN2/c1-3-15-11(8-9(2)14-15)6-7-12(13)10-4-5-10/h8,10,12H,3-7H2,1-2H3. The third-order valence-corrected chi connectivity index (χ3v) is 3.67. The summed E-state index contributed by atoms with van der Waals surface area (Å²) in [6.07, 6.45) is 4.83. The molecule has 0 saturated heterocycles. The maximum absolute atomic E-state index is 6.30. The monoisotopic (exact) mass is 226 g/mol. The van der Waals surface area contributed by atoms with E-state index >= 15 is 0 Å². The maximum Gasteiger partial charge on any atom is 0.0596 e. The van der Waals surface area contributed by atoms with Crippen LogP contribution in [0.4, 0.5) is 0 Å². The molecule has 2 nitrogen and oxygen atoms in total. The first kappa shape index (κ1) is 11.0. The summed E-state index contributed by atoms with van der Waals surface area (Å²) in [4.78, 5) is 0. The quantitative estimate of drug-likeness (QED) is 0.706. The number of halogens is 1. The van der Waals surface area contributed by atoms with Crippen LogP contribution in [-0.4, -0.2) is 15.2 Å². The van der Waals surface area contributed by atoms with Crippen molar-refractivity contribution in [1.29, 1.82) is 0 Å². The van der Waals surface area contributed by atoms with Crippen LogP contribution in [0.15, 0.2) is 6.07 Å². The number of nitrogens with zero attached hydrogens (tertiary/aromatic N) is 2. The molecule has 0 N–H and O–H groups in total. The molecule has 15 heavy (non-hydrogen) atoms. The number of aryl methyl sites for hydroxylation is 3. The molecule has 3 heteroatoms. The molecule has 84 valence electrons. The summed E-state index contributed by atoms with van der Waals surface area (Å²) in [6.45, 7) is 5.14. The molecule has 1 aliphatic carbocycles. The van der Waals surface area contributed by atoms with Crippen LogP contribution in [0.25, 0.3) is 0 Å². The van der Waals surface area contributed by atoms with Gasteiger partial charge in [0.05, 0.1) is 5.69 Å². The van der Waals surface area contributed by atoms with E-state index in [1.165, 1.54) is 18.5 Å². The van der Waals surface area contributed by atoms with Gasteiger partial charge in [-0.3, -0.25) is 4.68 Å². The molecule has 0 bridgehead atoms. The molecule has 1 aliphatic rings. The fourth-order valence-corrected chi connectivity index (χ4v) is 2.41. The Kier molecular flexibility index (Phi) is 3.35. The molecule has 1 aromatic rings. The van der Waals surface area contributed by atoms with E-state index in [0.717, 1.165) is 31.0 Å². The average molecular weight is 227 g/mol. The van der Waals surface area contributed by atoms with Crippen molar-refractivity contribution < 1.29 is 0 Å². The number of rotatable bonds is 5. The number of hydrogen-bond donors (Lipinski definition) is 0. The van der Waals surface area contributed by atoms with E-state index in [1.807, 2.05) is 0 Å². The lowest BCUT2D eigenvalue weighted by atomic mass is 10.1. The van der Waals surface area contributed by atoms with Crippen molar-refractivity contribution in [2.45, 2.75) is 51.5 Å². The van der Waals surface area contributed by atoms with E-state index in [0.29, 0.717) is 5.38 Å². The summed E-state index contributed by atoms with van der Waals surface area (Å²) < 4.78 is 2.09. The van der Waals surface area contributed by atoms with E-state index < -0.39 is 0 Å². The molecule has 1 unspecified atom stereocenters. The van der Waals surface area contributed by atoms with Crippen LogP contribution in [-0.2, 0) is 13.0 Å². The van der Waals surface area contributed by atoms with Gasteiger partial charge in [-0.25, -0.2) is 0 Å². The van der Waals surface area contributed by atoms with Gasteiger partial charge >= 0.3 is 0 Å². The van der Waals surface area contributed by atoms with Gasteiger partial charge in [-0.05, 0) is 51.5 Å². The minimum absolute atomic E-state index is 0.380. The fourth-order valence-electron chi connectivity index (χ4n) is 2.05. The topological polar surface area (TPSA) is 17.8 Å². The average Bonchev–Trinajstić information content (AvgIpc) is 2.99. The van der Waals surface area contributed by atoms with Gasteiger partial charge in [0.25, 0.3) is 0 Å². The first-order valence-corrected chi connectivity index (χ1v) is 6.31. The first-order chi connectivity index (χ1) is 7.20. The van der Waals surface area contributed by atoms with E-state index in [4.69, 9.17) is 11.6 Å². The van der Waals surface area contributed by atoms with Crippen molar-refractivity contribution in [3.05, 3.63) is 17.5 Å². The smallest absolute Gasteiger partial charge is 0.0596 e. The molecule has 0 aromatic carbocycles. The van der Waals surface area contributed by atoms with Gasteiger partial charge in [0.1, 0.15) is 0 Å². The van der Waals surface area contributed by atoms with Gasteiger partial charge in [0, 0.05) is 17.6 Å². The lowest BCUT2D eigenvalue weighted by Crippen LogP contribution is -2.07. The van der Waals surface area contributed by atoms with Crippen molar-refractivity contribution in [2.24, 2.45) is 5.92 Å². The number of aromatic nitrogens is 2. The molecule has 0 aliphatic heterocycles. The second-order valence-electron chi connectivity index (χ2n) is 4.48. The molecule has 0 spiro atoms. The van der Waals surface area contributed by atoms with Gasteiger partial charge in [0.15, 0.2) is 0 Å². The van der Waals surface area contributed by atoms with Crippen LogP contribution in [0.5, 0.6) is 0 Å². The number of hydrogen-bond acceptors (Lipinski definition) is 1. The molecule has 1 atom stereocenters. The van der Waals surface area contributed by atoms with Crippen molar-refractivity contribution in [1.82, 2.24) is 9.78 Å². The van der Waals surface area contributed by atoms with Crippen molar-refractivity contribution in [3.63, 3.8) is 0 Å². The van der Waals surface area contributed by atoms with E-state index in [2.05, 4.69) is 29.7 Å². The van der Waals surface area contributed by atoms with Gasteiger partial charge < -0.3 is 0 Å². The highest BCUT2D eigenvalue weighted by molar-refractivity contribution is 6.20. The Hall–Kier alpha value is -0.500. The zero-order chi connectivity index (χ0) is 10.8. The Morgan fingerprint density at radius 3 is 2.93 bits per heavy atom. The predicted molar refractivity (Wildman–Crippen MR) is 63.3 cm³/mol. The Labute approximate surface area is 96.6 Å². The van der Waals surface area contributed by atoms with Crippen LogP contribution in [0.1, 0.15) is 37.6 Å². The van der Waals surface area contributed by atoms with Crippen LogP contribution in [0.3, 0.4) is 0 Å². The summed E-state index contributed by atoms with van der Waals surface area (Å²) in [6, 6.07) is 2.18. The van der Waals surface area contributed by atoms with Crippen molar-refractivity contribution in [2.75, 3.05) is 0 Å². The minimum Gasteiger partial charge on any atom is -0.270 e. The molecule has 1 aromatic heterocycles. The molecule has 1 heterocycles. The Morgan fingerprint density at radius 1 is 1.60 bits per heavy atom. The third-order valence-electron chi connectivity index (χ3n) is 3.09. The Bertz CT molecular complexity index is 328. The molecular formula is C12H19ClN2. The third kappa shape index (κ3) is 2.75. The second kappa shape index (κ2) is 4.56. The Morgan fingerprint density at radius 2 is 2.33 bits per heavy atom. The van der Waals surface area contributed by atoms with Gasteiger partial charge in [-0.1, -0.05) is 0 Å². The molecule has 2 rings (SSSR count). The van der Waals surface area contributed by atoms with Crippen LogP contribution < -0.4 is 0 Å². The second-order valence-corrected chi connectivity index (χ2v) is 5.05. The molecule has 1 fully saturated rings. The van der Waals surface area contributed by atoms with Crippen LogP contribution in [0.2, 0.25) is 0 Å². The van der Waals surface area contributed by atoms with Crippen molar-refractivity contribution >= 4 is 11.6 Å². The summed E-state index contributed by atoms with van der Waals surface area (Å²) in [5.74, 6) is 0.797. The van der Waals surface area contributed by atoms with E-state index in [9.17, 15) is 0 Å². The highest BCUT2D eigenvalue weighted by Gasteiger charge is 2.29. The lowest BCUT2D eigenvalue weighted by molar-refractivity contribution is 0.589. The Balaban J connectivity index is 1.91. The van der Waals surface area contributed by atoms with Gasteiger partial charge in [-0.2, -0.15) is 5.10 Å². The SMILES string of the molecule is CCn1nc(C)cc1CCC(Cl)C1CC1. The molecular weight excluding hydrogens is 208 g/mol. The highest BCUT2D eigenvalue weighted by atomic mass is 35.5. The van der Waals surface area contributed by atoms with Crippen LogP contribution >= 0.6 is 11.6 Å². The highest BCUT2D eigenvalue weighted by Crippen LogP contribution is 2.37.